The van der Waals surface area contributed by atoms with Crippen molar-refractivity contribution in [1.29, 1.82) is 0 Å². The SMILES string of the molecule is CCCN(CCC)S(=O)(=O)c1c(C)ccc2nsnc12. The Morgan fingerprint density at radius 2 is 1.80 bits per heavy atom. The Bertz CT molecular complexity index is 689. The van der Waals surface area contributed by atoms with Crippen molar-refractivity contribution < 1.29 is 8.42 Å². The molecular formula is C13H19N3O2S2. The van der Waals surface area contributed by atoms with Gasteiger partial charge in [-0.25, -0.2) is 8.42 Å². The molecule has 0 radical (unpaired) electrons. The minimum absolute atomic E-state index is 0.311. The Morgan fingerprint density at radius 1 is 1.15 bits per heavy atom. The zero-order valence-electron chi connectivity index (χ0n) is 12.0. The Morgan fingerprint density at radius 3 is 2.40 bits per heavy atom. The molecule has 0 aliphatic heterocycles. The zero-order chi connectivity index (χ0) is 14.8. The third kappa shape index (κ3) is 2.70. The number of nitrogens with zero attached hydrogens (tertiary/aromatic N) is 3. The number of aryl methyl sites for hydroxylation is 1. The molecule has 7 heteroatoms. The van der Waals surface area contributed by atoms with Gasteiger partial charge >= 0.3 is 0 Å². The van der Waals surface area contributed by atoms with Gasteiger partial charge in [0.1, 0.15) is 15.9 Å². The maximum Gasteiger partial charge on any atom is 0.245 e. The summed E-state index contributed by atoms with van der Waals surface area (Å²) in [6.07, 6.45) is 1.59. The lowest BCUT2D eigenvalue weighted by Gasteiger charge is -2.22. The molecule has 0 unspecified atom stereocenters. The van der Waals surface area contributed by atoms with Crippen LogP contribution in [0.5, 0.6) is 0 Å². The van der Waals surface area contributed by atoms with Crippen molar-refractivity contribution in [3.63, 3.8) is 0 Å². The molecular weight excluding hydrogens is 294 g/mol. The summed E-state index contributed by atoms with van der Waals surface area (Å²) in [5.74, 6) is 0. The van der Waals surface area contributed by atoms with Crippen molar-refractivity contribution in [3.8, 4) is 0 Å². The summed E-state index contributed by atoms with van der Waals surface area (Å²) in [6.45, 7) is 6.83. The number of hydrogen-bond donors (Lipinski definition) is 0. The van der Waals surface area contributed by atoms with E-state index in [-0.39, 0.29) is 0 Å². The molecule has 0 aliphatic carbocycles. The molecule has 20 heavy (non-hydrogen) atoms. The Hall–Kier alpha value is -1.05. The average Bonchev–Trinajstić information content (AvgIpc) is 2.86. The van der Waals surface area contributed by atoms with E-state index >= 15 is 0 Å². The highest BCUT2D eigenvalue weighted by Crippen LogP contribution is 2.28. The quantitative estimate of drug-likeness (QED) is 0.822. The van der Waals surface area contributed by atoms with Crippen LogP contribution in [0.4, 0.5) is 0 Å². The topological polar surface area (TPSA) is 63.2 Å². The van der Waals surface area contributed by atoms with Gasteiger partial charge in [0.2, 0.25) is 10.0 Å². The van der Waals surface area contributed by atoms with Gasteiger partial charge in [-0.2, -0.15) is 13.1 Å². The van der Waals surface area contributed by atoms with Crippen LogP contribution in [-0.4, -0.2) is 34.6 Å². The second kappa shape index (κ2) is 6.15. The molecule has 1 heterocycles. The van der Waals surface area contributed by atoms with Crippen molar-refractivity contribution in [2.45, 2.75) is 38.5 Å². The third-order valence-corrected chi connectivity index (χ3v) is 5.74. The minimum Gasteiger partial charge on any atom is -0.207 e. The van der Waals surface area contributed by atoms with E-state index in [1.54, 1.807) is 10.4 Å². The van der Waals surface area contributed by atoms with Crippen molar-refractivity contribution in [2.24, 2.45) is 0 Å². The Balaban J connectivity index is 2.60. The summed E-state index contributed by atoms with van der Waals surface area (Å²) in [7, 11) is -3.52. The summed E-state index contributed by atoms with van der Waals surface area (Å²) in [5.41, 5.74) is 1.86. The van der Waals surface area contributed by atoms with E-state index in [9.17, 15) is 8.42 Å². The highest BCUT2D eigenvalue weighted by molar-refractivity contribution is 7.89. The zero-order valence-corrected chi connectivity index (χ0v) is 13.6. The summed E-state index contributed by atoms with van der Waals surface area (Å²) in [6, 6.07) is 3.61. The number of aromatic nitrogens is 2. The highest BCUT2D eigenvalue weighted by atomic mass is 32.2. The Kier molecular flexibility index (Phi) is 4.72. The predicted molar refractivity (Wildman–Crippen MR) is 81.5 cm³/mol. The lowest BCUT2D eigenvalue weighted by Crippen LogP contribution is -2.33. The molecule has 0 amide bonds. The van der Waals surface area contributed by atoms with E-state index in [4.69, 9.17) is 0 Å². The molecule has 0 saturated heterocycles. The first-order valence-electron chi connectivity index (χ1n) is 6.74. The first-order chi connectivity index (χ1) is 9.52. The molecule has 0 N–H and O–H groups in total. The van der Waals surface area contributed by atoms with E-state index in [1.807, 2.05) is 26.8 Å². The largest absolute Gasteiger partial charge is 0.245 e. The maximum absolute atomic E-state index is 12.9. The van der Waals surface area contributed by atoms with Gasteiger partial charge in [0, 0.05) is 13.1 Å². The first kappa shape index (κ1) is 15.3. The molecule has 110 valence electrons. The van der Waals surface area contributed by atoms with Crippen LogP contribution in [0.3, 0.4) is 0 Å². The van der Waals surface area contributed by atoms with E-state index in [1.165, 1.54) is 0 Å². The van der Waals surface area contributed by atoms with E-state index < -0.39 is 10.0 Å². The predicted octanol–water partition coefficient (Wildman–Crippen LogP) is 2.81. The summed E-state index contributed by atoms with van der Waals surface area (Å²) >= 11 is 1.05. The van der Waals surface area contributed by atoms with Gasteiger partial charge in [-0.1, -0.05) is 19.9 Å². The molecule has 0 fully saturated rings. The highest BCUT2D eigenvalue weighted by Gasteiger charge is 2.28. The van der Waals surface area contributed by atoms with Gasteiger partial charge < -0.3 is 0 Å². The fourth-order valence-electron chi connectivity index (χ4n) is 2.23. The van der Waals surface area contributed by atoms with Crippen molar-refractivity contribution in [2.75, 3.05) is 13.1 Å². The van der Waals surface area contributed by atoms with Crippen LogP contribution in [0.15, 0.2) is 17.0 Å². The van der Waals surface area contributed by atoms with Crippen LogP contribution in [0, 0.1) is 6.92 Å². The maximum atomic E-state index is 12.9. The summed E-state index contributed by atoms with van der Waals surface area (Å²) in [5, 5.41) is 0. The smallest absolute Gasteiger partial charge is 0.207 e. The monoisotopic (exact) mass is 313 g/mol. The van der Waals surface area contributed by atoms with Crippen LogP contribution in [0.2, 0.25) is 0 Å². The summed E-state index contributed by atoms with van der Waals surface area (Å²) < 4.78 is 35.7. The van der Waals surface area contributed by atoms with Crippen LogP contribution in [-0.2, 0) is 10.0 Å². The standard InChI is InChI=1S/C13H19N3O2S2/c1-4-8-16(9-5-2)20(17,18)13-10(3)6-7-11-12(13)15-19-14-11/h6-7H,4-5,8-9H2,1-3H3. The van der Waals surface area contributed by atoms with E-state index in [2.05, 4.69) is 8.75 Å². The lowest BCUT2D eigenvalue weighted by atomic mass is 10.2. The van der Waals surface area contributed by atoms with Crippen LogP contribution in [0.1, 0.15) is 32.3 Å². The van der Waals surface area contributed by atoms with E-state index in [0.717, 1.165) is 30.1 Å². The van der Waals surface area contributed by atoms with Crippen LogP contribution in [0.25, 0.3) is 11.0 Å². The van der Waals surface area contributed by atoms with Crippen LogP contribution < -0.4 is 0 Å². The van der Waals surface area contributed by atoms with Gasteiger partial charge in [-0.3, -0.25) is 0 Å². The van der Waals surface area contributed by atoms with Gasteiger partial charge in [0.25, 0.3) is 0 Å². The molecule has 1 aromatic heterocycles. The molecule has 2 aromatic rings. The normalized spacial score (nSPS) is 12.4. The van der Waals surface area contributed by atoms with Crippen LogP contribution >= 0.6 is 11.7 Å². The number of fused-ring (bicyclic) bond motifs is 1. The van der Waals surface area contributed by atoms with Crippen molar-refractivity contribution in [1.82, 2.24) is 13.1 Å². The van der Waals surface area contributed by atoms with Gasteiger partial charge in [0.15, 0.2) is 0 Å². The molecule has 0 aliphatic rings. The number of benzene rings is 1. The molecule has 5 nitrogen and oxygen atoms in total. The second-order valence-electron chi connectivity index (χ2n) is 4.75. The molecule has 0 atom stereocenters. The molecule has 0 saturated carbocycles. The van der Waals surface area contributed by atoms with Crippen molar-refractivity contribution >= 4 is 32.8 Å². The molecule has 0 bridgehead atoms. The molecule has 2 rings (SSSR count). The summed E-state index contributed by atoms with van der Waals surface area (Å²) in [4.78, 5) is 0.311. The third-order valence-electron chi connectivity index (χ3n) is 3.12. The van der Waals surface area contributed by atoms with Gasteiger partial charge in [-0.15, -0.1) is 0 Å². The molecule has 1 aromatic carbocycles. The van der Waals surface area contributed by atoms with Crippen molar-refractivity contribution in [3.05, 3.63) is 17.7 Å². The number of hydrogen-bond acceptors (Lipinski definition) is 5. The second-order valence-corrected chi connectivity index (χ2v) is 7.15. The van der Waals surface area contributed by atoms with Gasteiger partial charge in [-0.05, 0) is 31.4 Å². The van der Waals surface area contributed by atoms with E-state index in [0.29, 0.717) is 29.0 Å². The fraction of sp³-hybridized carbons (Fsp3) is 0.538. The fourth-order valence-corrected chi connectivity index (χ4v) is 4.81. The first-order valence-corrected chi connectivity index (χ1v) is 8.91. The Labute approximate surface area is 124 Å². The number of sulfonamides is 1. The molecule has 0 spiro atoms. The van der Waals surface area contributed by atoms with Gasteiger partial charge in [0.05, 0.1) is 11.7 Å². The number of rotatable bonds is 6. The lowest BCUT2D eigenvalue weighted by molar-refractivity contribution is 0.410. The minimum atomic E-state index is -3.52. The average molecular weight is 313 g/mol.